The SMILES string of the molecule is CC(=O)Nc1ccc(CCN2CCC(Nc3nc4ccccc4n3Cc3ccc(F)cc3)CC2)cc1. The number of likely N-dealkylation sites (tertiary alicyclic amines) is 1. The molecule has 1 aliphatic rings. The molecule has 1 amide bonds. The van der Waals surface area contributed by atoms with Crippen molar-refractivity contribution < 1.29 is 9.18 Å². The summed E-state index contributed by atoms with van der Waals surface area (Å²) >= 11 is 0. The van der Waals surface area contributed by atoms with Crippen molar-refractivity contribution in [2.75, 3.05) is 30.3 Å². The first-order chi connectivity index (χ1) is 17.5. The van der Waals surface area contributed by atoms with Gasteiger partial charge in [-0.15, -0.1) is 0 Å². The third-order valence-electron chi connectivity index (χ3n) is 6.82. The monoisotopic (exact) mass is 485 g/mol. The molecule has 0 radical (unpaired) electrons. The molecule has 0 bridgehead atoms. The van der Waals surface area contributed by atoms with E-state index in [1.807, 2.05) is 42.5 Å². The molecular formula is C29H32FN5O. The zero-order chi connectivity index (χ0) is 24.9. The third-order valence-corrected chi connectivity index (χ3v) is 6.82. The van der Waals surface area contributed by atoms with Crippen LogP contribution in [-0.2, 0) is 17.8 Å². The lowest BCUT2D eigenvalue weighted by molar-refractivity contribution is -0.114. The van der Waals surface area contributed by atoms with Gasteiger partial charge in [-0.3, -0.25) is 4.79 Å². The van der Waals surface area contributed by atoms with E-state index in [1.165, 1.54) is 24.6 Å². The molecule has 0 aliphatic carbocycles. The van der Waals surface area contributed by atoms with Gasteiger partial charge in [-0.2, -0.15) is 0 Å². The average Bonchev–Trinajstić information content (AvgIpc) is 3.22. The topological polar surface area (TPSA) is 62.2 Å². The van der Waals surface area contributed by atoms with Gasteiger partial charge in [0.25, 0.3) is 0 Å². The van der Waals surface area contributed by atoms with Crippen LogP contribution in [0, 0.1) is 5.82 Å². The Bertz CT molecular complexity index is 1310. The van der Waals surface area contributed by atoms with Crippen LogP contribution in [0.1, 0.15) is 30.9 Å². The highest BCUT2D eigenvalue weighted by Crippen LogP contribution is 2.24. The summed E-state index contributed by atoms with van der Waals surface area (Å²) in [6, 6.07) is 23.3. The van der Waals surface area contributed by atoms with Gasteiger partial charge in [-0.1, -0.05) is 36.4 Å². The molecule has 3 aromatic carbocycles. The fourth-order valence-electron chi connectivity index (χ4n) is 4.85. The van der Waals surface area contributed by atoms with Gasteiger partial charge in [0.05, 0.1) is 17.6 Å². The van der Waals surface area contributed by atoms with E-state index in [0.717, 1.165) is 67.1 Å². The number of carbonyl (C=O) groups excluding carboxylic acids is 1. The molecule has 0 saturated carbocycles. The maximum atomic E-state index is 13.4. The van der Waals surface area contributed by atoms with Gasteiger partial charge in [-0.25, -0.2) is 9.37 Å². The van der Waals surface area contributed by atoms with E-state index < -0.39 is 0 Å². The minimum absolute atomic E-state index is 0.0507. The van der Waals surface area contributed by atoms with Gasteiger partial charge in [0.1, 0.15) is 5.82 Å². The highest BCUT2D eigenvalue weighted by atomic mass is 19.1. The Morgan fingerprint density at radius 1 is 0.972 bits per heavy atom. The second-order valence-electron chi connectivity index (χ2n) is 9.53. The van der Waals surface area contributed by atoms with E-state index >= 15 is 0 Å². The molecule has 2 N–H and O–H groups in total. The van der Waals surface area contributed by atoms with E-state index in [9.17, 15) is 9.18 Å². The van der Waals surface area contributed by atoms with E-state index in [4.69, 9.17) is 4.98 Å². The molecule has 36 heavy (non-hydrogen) atoms. The standard InChI is InChI=1S/C29H32FN5O/c1-21(36)31-25-12-8-22(9-13-25)14-17-34-18-15-26(16-19-34)32-29-33-27-4-2-3-5-28(27)35(29)20-23-6-10-24(30)11-7-23/h2-13,26H,14-20H2,1H3,(H,31,36)(H,32,33). The molecule has 0 spiro atoms. The fourth-order valence-corrected chi connectivity index (χ4v) is 4.85. The van der Waals surface area contributed by atoms with E-state index in [0.29, 0.717) is 12.6 Å². The molecular weight excluding hydrogens is 453 g/mol. The minimum atomic E-state index is -0.221. The predicted molar refractivity (Wildman–Crippen MR) is 143 cm³/mol. The number of rotatable bonds is 8. The number of nitrogens with zero attached hydrogens (tertiary/aromatic N) is 3. The summed E-state index contributed by atoms with van der Waals surface area (Å²) in [6.07, 6.45) is 3.11. The Balaban J connectivity index is 1.18. The lowest BCUT2D eigenvalue weighted by Crippen LogP contribution is -2.40. The number of hydrogen-bond donors (Lipinski definition) is 2. The van der Waals surface area contributed by atoms with Crippen LogP contribution in [0.3, 0.4) is 0 Å². The molecule has 1 aliphatic heterocycles. The summed E-state index contributed by atoms with van der Waals surface area (Å²) in [7, 11) is 0. The van der Waals surface area contributed by atoms with Crippen molar-refractivity contribution >= 4 is 28.6 Å². The van der Waals surface area contributed by atoms with Crippen LogP contribution in [0.15, 0.2) is 72.8 Å². The lowest BCUT2D eigenvalue weighted by Gasteiger charge is -2.32. The summed E-state index contributed by atoms with van der Waals surface area (Å²) in [6.45, 7) is 5.27. The van der Waals surface area contributed by atoms with Crippen LogP contribution in [-0.4, -0.2) is 46.0 Å². The number of imidazole rings is 1. The van der Waals surface area contributed by atoms with Crippen molar-refractivity contribution in [3.63, 3.8) is 0 Å². The number of nitrogens with one attached hydrogen (secondary N) is 2. The highest BCUT2D eigenvalue weighted by Gasteiger charge is 2.21. The quantitative estimate of drug-likeness (QED) is 0.356. The summed E-state index contributed by atoms with van der Waals surface area (Å²) in [5.41, 5.74) is 5.19. The highest BCUT2D eigenvalue weighted by molar-refractivity contribution is 5.88. The van der Waals surface area contributed by atoms with E-state index in [-0.39, 0.29) is 11.7 Å². The number of para-hydroxylation sites is 2. The van der Waals surface area contributed by atoms with Crippen molar-refractivity contribution in [2.45, 2.75) is 38.8 Å². The van der Waals surface area contributed by atoms with Crippen LogP contribution in [0.2, 0.25) is 0 Å². The number of hydrogen-bond acceptors (Lipinski definition) is 4. The van der Waals surface area contributed by atoms with Crippen molar-refractivity contribution in [1.29, 1.82) is 0 Å². The minimum Gasteiger partial charge on any atom is -0.353 e. The van der Waals surface area contributed by atoms with Gasteiger partial charge >= 0.3 is 0 Å². The number of anilines is 2. The second-order valence-corrected chi connectivity index (χ2v) is 9.53. The van der Waals surface area contributed by atoms with Crippen LogP contribution >= 0.6 is 0 Å². The van der Waals surface area contributed by atoms with Crippen LogP contribution in [0.4, 0.5) is 16.0 Å². The maximum Gasteiger partial charge on any atom is 0.221 e. The molecule has 0 unspecified atom stereocenters. The average molecular weight is 486 g/mol. The molecule has 1 fully saturated rings. The number of halogens is 1. The Labute approximate surface area is 211 Å². The molecule has 5 rings (SSSR count). The zero-order valence-electron chi connectivity index (χ0n) is 20.6. The first kappa shape index (κ1) is 24.0. The largest absolute Gasteiger partial charge is 0.353 e. The normalized spacial score (nSPS) is 14.7. The Kier molecular flexibility index (Phi) is 7.28. The molecule has 6 nitrogen and oxygen atoms in total. The molecule has 1 aromatic heterocycles. The number of fused-ring (bicyclic) bond motifs is 1. The number of carbonyl (C=O) groups is 1. The van der Waals surface area contributed by atoms with Crippen LogP contribution in [0.25, 0.3) is 11.0 Å². The van der Waals surface area contributed by atoms with Gasteiger partial charge < -0.3 is 20.1 Å². The zero-order valence-corrected chi connectivity index (χ0v) is 20.6. The second kappa shape index (κ2) is 10.9. The summed E-state index contributed by atoms with van der Waals surface area (Å²) in [5.74, 6) is 0.602. The Morgan fingerprint density at radius 3 is 2.39 bits per heavy atom. The van der Waals surface area contributed by atoms with Crippen molar-refractivity contribution in [3.8, 4) is 0 Å². The van der Waals surface area contributed by atoms with Crippen molar-refractivity contribution in [2.24, 2.45) is 0 Å². The Morgan fingerprint density at radius 2 is 1.67 bits per heavy atom. The number of amides is 1. The molecule has 186 valence electrons. The predicted octanol–water partition coefficient (Wildman–Crippen LogP) is 5.30. The number of aromatic nitrogens is 2. The molecule has 0 atom stereocenters. The van der Waals surface area contributed by atoms with Gasteiger partial charge in [-0.05, 0) is 66.8 Å². The Hall–Kier alpha value is -3.71. The van der Waals surface area contributed by atoms with Gasteiger partial charge in [0, 0.05) is 38.3 Å². The van der Waals surface area contributed by atoms with E-state index in [2.05, 4.69) is 38.3 Å². The van der Waals surface area contributed by atoms with Crippen molar-refractivity contribution in [3.05, 3.63) is 89.7 Å². The number of benzene rings is 3. The van der Waals surface area contributed by atoms with Crippen LogP contribution < -0.4 is 10.6 Å². The molecule has 4 aromatic rings. The fraction of sp³-hybridized carbons (Fsp3) is 0.310. The van der Waals surface area contributed by atoms with Gasteiger partial charge in [0.15, 0.2) is 0 Å². The van der Waals surface area contributed by atoms with E-state index in [1.54, 1.807) is 0 Å². The third kappa shape index (κ3) is 5.91. The summed E-state index contributed by atoms with van der Waals surface area (Å²) in [5, 5.41) is 6.52. The van der Waals surface area contributed by atoms with Crippen molar-refractivity contribution in [1.82, 2.24) is 14.5 Å². The number of piperidine rings is 1. The summed E-state index contributed by atoms with van der Waals surface area (Å²) in [4.78, 5) is 18.6. The molecule has 7 heteroatoms. The lowest BCUT2D eigenvalue weighted by atomic mass is 10.0. The molecule has 1 saturated heterocycles. The summed E-state index contributed by atoms with van der Waals surface area (Å²) < 4.78 is 15.6. The molecule has 2 heterocycles. The maximum absolute atomic E-state index is 13.4. The van der Waals surface area contributed by atoms with Crippen LogP contribution in [0.5, 0.6) is 0 Å². The first-order valence-corrected chi connectivity index (χ1v) is 12.6. The van der Waals surface area contributed by atoms with Gasteiger partial charge in [0.2, 0.25) is 11.9 Å². The smallest absolute Gasteiger partial charge is 0.221 e. The first-order valence-electron chi connectivity index (χ1n) is 12.6.